The normalized spacial score (nSPS) is 17.2. The van der Waals surface area contributed by atoms with Gasteiger partial charge in [0, 0.05) is 23.8 Å². The van der Waals surface area contributed by atoms with Crippen LogP contribution < -0.4 is 9.08 Å². The quantitative estimate of drug-likeness (QED) is 0.830. The number of aliphatic hydroxyl groups is 1. The van der Waals surface area contributed by atoms with Gasteiger partial charge in [0.25, 0.3) is 0 Å². The van der Waals surface area contributed by atoms with Crippen molar-refractivity contribution >= 4 is 15.8 Å². The summed E-state index contributed by atoms with van der Waals surface area (Å²) in [5.74, 6) is 0.282. The van der Waals surface area contributed by atoms with Crippen LogP contribution in [0.5, 0.6) is 5.75 Å². The maximum Gasteiger partial charge on any atom is 0.306 e. The molecular weight excluding hydrogens is 338 g/mol. The molecule has 0 amide bonds. The van der Waals surface area contributed by atoms with Crippen LogP contribution >= 0.6 is 0 Å². The highest BCUT2D eigenvalue weighted by Gasteiger charge is 2.24. The zero-order valence-electron chi connectivity index (χ0n) is 14.5. The fourth-order valence-electron chi connectivity index (χ4n) is 3.25. The summed E-state index contributed by atoms with van der Waals surface area (Å²) in [7, 11) is -3.64. The molecule has 1 aliphatic heterocycles. The van der Waals surface area contributed by atoms with Gasteiger partial charge in [-0.05, 0) is 43.0 Å². The highest BCUT2D eigenvalue weighted by Crippen LogP contribution is 2.33. The van der Waals surface area contributed by atoms with Crippen molar-refractivity contribution in [1.29, 1.82) is 0 Å². The fourth-order valence-corrected chi connectivity index (χ4v) is 3.73. The Morgan fingerprint density at radius 3 is 2.72 bits per heavy atom. The molecule has 0 saturated heterocycles. The molecule has 0 fully saturated rings. The van der Waals surface area contributed by atoms with E-state index in [2.05, 4.69) is 24.0 Å². The number of benzene rings is 2. The Labute approximate surface area is 149 Å². The second-order valence-corrected chi connectivity index (χ2v) is 8.11. The van der Waals surface area contributed by atoms with E-state index in [1.54, 1.807) is 12.1 Å². The lowest BCUT2D eigenvalue weighted by molar-refractivity contribution is 0.281. The van der Waals surface area contributed by atoms with E-state index in [1.165, 1.54) is 11.3 Å². The monoisotopic (exact) mass is 361 g/mol. The molecule has 25 heavy (non-hydrogen) atoms. The van der Waals surface area contributed by atoms with E-state index >= 15 is 0 Å². The van der Waals surface area contributed by atoms with Crippen molar-refractivity contribution in [3.05, 3.63) is 59.2 Å². The predicted molar refractivity (Wildman–Crippen MR) is 98.2 cm³/mol. The Morgan fingerprint density at radius 2 is 2.00 bits per heavy atom. The molecule has 2 aromatic rings. The maximum atomic E-state index is 11.6. The van der Waals surface area contributed by atoms with E-state index in [0.29, 0.717) is 18.2 Å². The van der Waals surface area contributed by atoms with Gasteiger partial charge in [0.1, 0.15) is 5.75 Å². The van der Waals surface area contributed by atoms with E-state index in [0.717, 1.165) is 24.7 Å². The number of aryl methyl sites for hydroxylation is 1. The van der Waals surface area contributed by atoms with Crippen LogP contribution in [0.2, 0.25) is 0 Å². The Morgan fingerprint density at radius 1 is 1.24 bits per heavy atom. The van der Waals surface area contributed by atoms with E-state index in [4.69, 9.17) is 4.18 Å². The molecule has 2 aromatic carbocycles. The van der Waals surface area contributed by atoms with Gasteiger partial charge < -0.3 is 14.2 Å². The number of aliphatic hydroxyl groups excluding tert-OH is 1. The second kappa shape index (κ2) is 7.06. The minimum atomic E-state index is -3.64. The third-order valence-electron chi connectivity index (χ3n) is 4.56. The first-order valence-electron chi connectivity index (χ1n) is 8.34. The first-order chi connectivity index (χ1) is 11.9. The number of para-hydroxylation sites is 1. The van der Waals surface area contributed by atoms with Gasteiger partial charge in [-0.3, -0.25) is 0 Å². The topological polar surface area (TPSA) is 66.8 Å². The number of hydrogen-bond donors (Lipinski definition) is 1. The summed E-state index contributed by atoms with van der Waals surface area (Å²) in [6, 6.07) is 13.9. The molecule has 134 valence electrons. The molecule has 1 N–H and O–H groups in total. The SMILES string of the molecule is CC1CCc2ccccc2N1Cc1ccc(CO)cc1OS(C)(=O)=O. The lowest BCUT2D eigenvalue weighted by atomic mass is 9.96. The third-order valence-corrected chi connectivity index (χ3v) is 5.04. The van der Waals surface area contributed by atoms with E-state index in [1.807, 2.05) is 18.2 Å². The van der Waals surface area contributed by atoms with Gasteiger partial charge in [0.2, 0.25) is 0 Å². The van der Waals surface area contributed by atoms with Gasteiger partial charge in [0.05, 0.1) is 12.9 Å². The van der Waals surface area contributed by atoms with Gasteiger partial charge in [0.15, 0.2) is 0 Å². The number of rotatable bonds is 5. The summed E-state index contributed by atoms with van der Waals surface area (Å²) in [4.78, 5) is 2.28. The molecular formula is C19H23NO4S. The molecule has 0 aliphatic carbocycles. The average molecular weight is 361 g/mol. The van der Waals surface area contributed by atoms with Crippen molar-refractivity contribution in [2.75, 3.05) is 11.2 Å². The second-order valence-electron chi connectivity index (χ2n) is 6.53. The number of nitrogens with zero attached hydrogens (tertiary/aromatic N) is 1. The summed E-state index contributed by atoms with van der Waals surface area (Å²) < 4.78 is 28.4. The Balaban J connectivity index is 1.97. The van der Waals surface area contributed by atoms with Crippen LogP contribution in [0.1, 0.15) is 30.0 Å². The lowest BCUT2D eigenvalue weighted by Crippen LogP contribution is -2.36. The number of fused-ring (bicyclic) bond motifs is 1. The molecule has 0 saturated carbocycles. The van der Waals surface area contributed by atoms with Crippen molar-refractivity contribution in [3.8, 4) is 5.75 Å². The Bertz CT molecular complexity index is 863. The zero-order valence-corrected chi connectivity index (χ0v) is 15.3. The fraction of sp³-hybridized carbons (Fsp3) is 0.368. The highest BCUT2D eigenvalue weighted by molar-refractivity contribution is 7.86. The van der Waals surface area contributed by atoms with Gasteiger partial charge >= 0.3 is 10.1 Å². The smallest absolute Gasteiger partial charge is 0.306 e. The van der Waals surface area contributed by atoms with Crippen LogP contribution in [0, 0.1) is 0 Å². The predicted octanol–water partition coefficient (Wildman–Crippen LogP) is 2.86. The van der Waals surface area contributed by atoms with Gasteiger partial charge in [-0.25, -0.2) is 0 Å². The van der Waals surface area contributed by atoms with Gasteiger partial charge in [-0.15, -0.1) is 0 Å². The third kappa shape index (κ3) is 4.14. The molecule has 1 heterocycles. The van der Waals surface area contributed by atoms with Gasteiger partial charge in [-0.2, -0.15) is 8.42 Å². The number of anilines is 1. The standard InChI is InChI=1S/C19H23NO4S/c1-14-7-9-16-5-3-4-6-18(16)20(14)12-17-10-8-15(13-21)11-19(17)24-25(2,22)23/h3-6,8,10-11,14,21H,7,9,12-13H2,1-2H3. The van der Waals surface area contributed by atoms with Crippen LogP contribution in [-0.4, -0.2) is 25.8 Å². The first-order valence-corrected chi connectivity index (χ1v) is 10.2. The highest BCUT2D eigenvalue weighted by atomic mass is 32.2. The molecule has 3 rings (SSSR count). The molecule has 6 heteroatoms. The molecule has 0 aromatic heterocycles. The molecule has 0 bridgehead atoms. The summed E-state index contributed by atoms with van der Waals surface area (Å²) in [5, 5.41) is 9.33. The maximum absolute atomic E-state index is 11.6. The van der Waals surface area contributed by atoms with Crippen molar-refractivity contribution < 1.29 is 17.7 Å². The molecule has 0 spiro atoms. The minimum Gasteiger partial charge on any atom is -0.392 e. The summed E-state index contributed by atoms with van der Waals surface area (Å²) >= 11 is 0. The van der Waals surface area contributed by atoms with Crippen LogP contribution in [-0.2, 0) is 29.7 Å². The largest absolute Gasteiger partial charge is 0.392 e. The van der Waals surface area contributed by atoms with Gasteiger partial charge in [-0.1, -0.05) is 30.3 Å². The molecule has 1 unspecified atom stereocenters. The van der Waals surface area contributed by atoms with Crippen molar-refractivity contribution in [3.63, 3.8) is 0 Å². The van der Waals surface area contributed by atoms with Crippen molar-refractivity contribution in [2.24, 2.45) is 0 Å². The lowest BCUT2D eigenvalue weighted by Gasteiger charge is -2.37. The van der Waals surface area contributed by atoms with Crippen LogP contribution in [0.25, 0.3) is 0 Å². The van der Waals surface area contributed by atoms with Crippen molar-refractivity contribution in [2.45, 2.75) is 39.0 Å². The average Bonchev–Trinajstić information content (AvgIpc) is 2.57. The minimum absolute atomic E-state index is 0.163. The Hall–Kier alpha value is -2.05. The zero-order chi connectivity index (χ0) is 18.0. The van der Waals surface area contributed by atoms with Crippen molar-refractivity contribution in [1.82, 2.24) is 0 Å². The first kappa shape index (κ1) is 17.8. The molecule has 1 atom stereocenters. The summed E-state index contributed by atoms with van der Waals surface area (Å²) in [5.41, 5.74) is 3.89. The van der Waals surface area contributed by atoms with E-state index in [9.17, 15) is 13.5 Å². The molecule has 0 radical (unpaired) electrons. The van der Waals surface area contributed by atoms with E-state index < -0.39 is 10.1 Å². The number of hydrogen-bond acceptors (Lipinski definition) is 5. The summed E-state index contributed by atoms with van der Waals surface area (Å²) in [6.07, 6.45) is 3.12. The van der Waals surface area contributed by atoms with Crippen LogP contribution in [0.15, 0.2) is 42.5 Å². The van der Waals surface area contributed by atoms with Crippen LogP contribution in [0.4, 0.5) is 5.69 Å². The molecule has 5 nitrogen and oxygen atoms in total. The van der Waals surface area contributed by atoms with Crippen LogP contribution in [0.3, 0.4) is 0 Å². The molecule has 1 aliphatic rings. The Kier molecular flexibility index (Phi) is 5.01. The summed E-state index contributed by atoms with van der Waals surface area (Å²) in [6.45, 7) is 2.56. The van der Waals surface area contributed by atoms with E-state index in [-0.39, 0.29) is 12.4 Å².